The van der Waals surface area contributed by atoms with Crippen LogP contribution in [0.25, 0.3) is 0 Å². The average molecular weight is 577 g/mol. The number of ether oxygens (including phenoxy) is 1. The quantitative estimate of drug-likeness (QED) is 0.495. The molecule has 2 aliphatic heterocycles. The van der Waals surface area contributed by atoms with E-state index in [0.29, 0.717) is 51.9 Å². The van der Waals surface area contributed by atoms with Crippen molar-refractivity contribution in [2.75, 3.05) is 26.0 Å². The number of carbonyl (C=O) groups excluding carboxylic acids is 2. The molecular formula is C28H43F3N2O5S. The molecule has 0 bridgehead atoms. The molecule has 2 amide bonds. The Bertz CT molecular complexity index is 1070. The topological polar surface area (TPSA) is 84.0 Å². The van der Waals surface area contributed by atoms with E-state index in [0.717, 1.165) is 22.3 Å². The third-order valence-electron chi connectivity index (χ3n) is 7.14. The normalized spacial score (nSPS) is 21.6. The summed E-state index contributed by atoms with van der Waals surface area (Å²) in [6, 6.07) is 3.75. The van der Waals surface area contributed by atoms with E-state index < -0.39 is 39.9 Å². The molecule has 1 aromatic rings. The Hall–Kier alpha value is -2.14. The zero-order valence-electron chi connectivity index (χ0n) is 23.7. The second kappa shape index (κ2) is 14.5. The van der Waals surface area contributed by atoms with E-state index in [1.54, 1.807) is 23.1 Å². The Morgan fingerprint density at radius 1 is 1.03 bits per heavy atom. The first-order valence-corrected chi connectivity index (χ1v) is 15.8. The lowest BCUT2D eigenvalue weighted by Crippen LogP contribution is -2.53. The standard InChI is InChI=1S/C23H29F3N2O5S.C3H8.C2H6/c1-34(31,32)20-5-3-15-6-9-27(14-17(15)13-20)21(29)16-2-4-19(12-16)28(22(30)23(24,25)26)18-7-10-33-11-8-18;1-3-2;1-2/h3,5,13,16,18-19H,2,4,6-12,14H2,1H3;3H2,1-2H3;1-2H3/t16-,19?;;/m0../s1. The Morgan fingerprint density at radius 2 is 1.64 bits per heavy atom. The van der Waals surface area contributed by atoms with Crippen molar-refractivity contribution in [2.45, 2.75) is 102 Å². The van der Waals surface area contributed by atoms with Crippen LogP contribution in [-0.2, 0) is 37.1 Å². The van der Waals surface area contributed by atoms with Crippen molar-refractivity contribution in [2.24, 2.45) is 5.92 Å². The molecule has 222 valence electrons. The Balaban J connectivity index is 0.000000998. The summed E-state index contributed by atoms with van der Waals surface area (Å²) in [5, 5.41) is 0. The smallest absolute Gasteiger partial charge is 0.381 e. The third kappa shape index (κ3) is 8.67. The first-order chi connectivity index (χ1) is 18.4. The maximum Gasteiger partial charge on any atom is 0.471 e. The molecule has 1 saturated carbocycles. The molecule has 3 aliphatic rings. The maximum atomic E-state index is 13.4. The molecule has 0 radical (unpaired) electrons. The highest BCUT2D eigenvalue weighted by molar-refractivity contribution is 7.90. The van der Waals surface area contributed by atoms with Gasteiger partial charge in [0.2, 0.25) is 5.91 Å². The van der Waals surface area contributed by atoms with Crippen molar-refractivity contribution in [3.8, 4) is 0 Å². The van der Waals surface area contributed by atoms with Crippen molar-refractivity contribution in [1.82, 2.24) is 9.80 Å². The van der Waals surface area contributed by atoms with Crippen LogP contribution in [0.4, 0.5) is 13.2 Å². The number of hydrogen-bond acceptors (Lipinski definition) is 5. The lowest BCUT2D eigenvalue weighted by molar-refractivity contribution is -0.192. The molecule has 0 N–H and O–H groups in total. The van der Waals surface area contributed by atoms with Gasteiger partial charge in [-0.3, -0.25) is 9.59 Å². The largest absolute Gasteiger partial charge is 0.471 e. The van der Waals surface area contributed by atoms with Crippen LogP contribution in [0.3, 0.4) is 0 Å². The monoisotopic (exact) mass is 576 g/mol. The van der Waals surface area contributed by atoms with Gasteiger partial charge in [-0.25, -0.2) is 8.42 Å². The molecule has 1 unspecified atom stereocenters. The van der Waals surface area contributed by atoms with Gasteiger partial charge in [-0.15, -0.1) is 0 Å². The molecule has 39 heavy (non-hydrogen) atoms. The molecule has 2 fully saturated rings. The third-order valence-corrected chi connectivity index (χ3v) is 8.25. The summed E-state index contributed by atoms with van der Waals surface area (Å²) in [5.74, 6) is -2.45. The van der Waals surface area contributed by atoms with Crippen LogP contribution in [0.15, 0.2) is 23.1 Å². The van der Waals surface area contributed by atoms with E-state index in [4.69, 9.17) is 4.74 Å². The number of benzene rings is 1. The number of rotatable bonds is 4. The van der Waals surface area contributed by atoms with Crippen LogP contribution in [0.5, 0.6) is 0 Å². The predicted octanol–water partition coefficient (Wildman–Crippen LogP) is 5.16. The van der Waals surface area contributed by atoms with Gasteiger partial charge in [-0.1, -0.05) is 40.2 Å². The number of sulfone groups is 1. The van der Waals surface area contributed by atoms with Gasteiger partial charge >= 0.3 is 12.1 Å². The van der Waals surface area contributed by atoms with Gasteiger partial charge in [0.1, 0.15) is 0 Å². The van der Waals surface area contributed by atoms with Crippen LogP contribution in [0.1, 0.15) is 77.3 Å². The Kier molecular flexibility index (Phi) is 12.3. The fourth-order valence-corrected chi connectivity index (χ4v) is 6.06. The summed E-state index contributed by atoms with van der Waals surface area (Å²) in [4.78, 5) is 28.4. The van der Waals surface area contributed by atoms with Gasteiger partial charge < -0.3 is 14.5 Å². The van der Waals surface area contributed by atoms with Crippen molar-refractivity contribution >= 4 is 21.7 Å². The number of fused-ring (bicyclic) bond motifs is 1. The predicted molar refractivity (Wildman–Crippen MR) is 144 cm³/mol. The van der Waals surface area contributed by atoms with E-state index in [1.807, 2.05) is 13.8 Å². The Morgan fingerprint density at radius 3 is 2.21 bits per heavy atom. The highest BCUT2D eigenvalue weighted by Crippen LogP contribution is 2.37. The minimum atomic E-state index is -4.96. The van der Waals surface area contributed by atoms with Gasteiger partial charge in [-0.05, 0) is 61.8 Å². The summed E-state index contributed by atoms with van der Waals surface area (Å²) in [6.07, 6.45) is -0.336. The second-order valence-corrected chi connectivity index (χ2v) is 12.2. The molecule has 1 saturated heterocycles. The molecule has 1 aromatic carbocycles. The summed E-state index contributed by atoms with van der Waals surface area (Å²) >= 11 is 0. The highest BCUT2D eigenvalue weighted by atomic mass is 32.2. The summed E-state index contributed by atoms with van der Waals surface area (Å²) in [6.45, 7) is 9.61. The van der Waals surface area contributed by atoms with Crippen molar-refractivity contribution in [3.63, 3.8) is 0 Å². The first kappa shape index (κ1) is 33.1. The molecule has 11 heteroatoms. The number of amides is 2. The molecule has 1 aliphatic carbocycles. The molecular weight excluding hydrogens is 533 g/mol. The lowest BCUT2D eigenvalue weighted by atomic mass is 9.97. The highest BCUT2D eigenvalue weighted by Gasteiger charge is 2.49. The van der Waals surface area contributed by atoms with Gasteiger partial charge in [0.05, 0.1) is 4.90 Å². The van der Waals surface area contributed by atoms with Crippen molar-refractivity contribution in [1.29, 1.82) is 0 Å². The molecule has 7 nitrogen and oxygen atoms in total. The molecule has 2 heterocycles. The van der Waals surface area contributed by atoms with Crippen LogP contribution in [-0.4, -0.2) is 74.3 Å². The van der Waals surface area contributed by atoms with Crippen LogP contribution >= 0.6 is 0 Å². The van der Waals surface area contributed by atoms with E-state index in [1.165, 1.54) is 6.42 Å². The zero-order valence-corrected chi connectivity index (χ0v) is 24.5. The maximum absolute atomic E-state index is 13.4. The van der Waals surface area contributed by atoms with E-state index >= 15 is 0 Å². The summed E-state index contributed by atoms with van der Waals surface area (Å²) in [5.41, 5.74) is 1.76. The van der Waals surface area contributed by atoms with Gasteiger partial charge in [0, 0.05) is 50.6 Å². The lowest BCUT2D eigenvalue weighted by Gasteiger charge is -2.39. The fourth-order valence-electron chi connectivity index (χ4n) is 5.38. The number of hydrogen-bond donors (Lipinski definition) is 0. The Labute approximate surface area is 231 Å². The van der Waals surface area contributed by atoms with Crippen LogP contribution in [0.2, 0.25) is 0 Å². The summed E-state index contributed by atoms with van der Waals surface area (Å²) in [7, 11) is -3.38. The number of nitrogens with zero attached hydrogens (tertiary/aromatic N) is 2. The SMILES string of the molecule is CC.CCC.CS(=O)(=O)c1ccc2c(c1)CN(C(=O)[C@H]1CCC(N(C(=O)C(F)(F)F)C3CCOCC3)C1)CC2. The van der Waals surface area contributed by atoms with Gasteiger partial charge in [-0.2, -0.15) is 13.2 Å². The van der Waals surface area contributed by atoms with Crippen LogP contribution < -0.4 is 0 Å². The van der Waals surface area contributed by atoms with Crippen molar-refractivity contribution in [3.05, 3.63) is 29.3 Å². The molecule has 4 rings (SSSR count). The number of halogens is 3. The molecule has 0 aromatic heterocycles. The van der Waals surface area contributed by atoms with Crippen LogP contribution in [0, 0.1) is 5.92 Å². The molecule has 0 spiro atoms. The number of alkyl halides is 3. The molecule has 2 atom stereocenters. The van der Waals surface area contributed by atoms with E-state index in [-0.39, 0.29) is 23.8 Å². The minimum Gasteiger partial charge on any atom is -0.381 e. The summed E-state index contributed by atoms with van der Waals surface area (Å²) < 4.78 is 69.2. The average Bonchev–Trinajstić information content (AvgIpc) is 3.38. The fraction of sp³-hybridized carbons (Fsp3) is 0.714. The first-order valence-electron chi connectivity index (χ1n) is 13.9. The minimum absolute atomic E-state index is 0.149. The van der Waals surface area contributed by atoms with E-state index in [9.17, 15) is 31.2 Å². The van der Waals surface area contributed by atoms with Gasteiger partial charge in [0.15, 0.2) is 9.84 Å². The second-order valence-electron chi connectivity index (χ2n) is 10.1. The zero-order chi connectivity index (χ0) is 29.4. The van der Waals surface area contributed by atoms with E-state index in [2.05, 4.69) is 13.8 Å². The number of carbonyl (C=O) groups is 2. The van der Waals surface area contributed by atoms with Crippen molar-refractivity contribution < 1.29 is 35.9 Å². The van der Waals surface area contributed by atoms with Gasteiger partial charge in [0.25, 0.3) is 0 Å².